The highest BCUT2D eigenvalue weighted by molar-refractivity contribution is 5.67. The van der Waals surface area contributed by atoms with Crippen LogP contribution in [0.3, 0.4) is 0 Å². The fraction of sp³-hybridized carbons (Fsp3) is 0. The highest BCUT2D eigenvalue weighted by atomic mass is 19.1. The number of hydrogen-bond donors (Lipinski definition) is 2. The number of rotatable bonds is 1. The number of pyridine rings is 1. The molecular weight excluding hydrogens is 165 g/mol. The van der Waals surface area contributed by atoms with E-state index in [1.165, 1.54) is 0 Å². The molecular formula is C6H6FN3O2. The van der Waals surface area contributed by atoms with Crippen LogP contribution in [0.1, 0.15) is 0 Å². The van der Waals surface area contributed by atoms with Crippen LogP contribution in [0.4, 0.5) is 14.9 Å². The van der Waals surface area contributed by atoms with E-state index in [1.54, 1.807) is 0 Å². The number of nitrogens with two attached hydrogens (primary N) is 2. The summed E-state index contributed by atoms with van der Waals surface area (Å²) in [5.74, 6) is -0.798. The van der Waals surface area contributed by atoms with Crippen LogP contribution in [0.25, 0.3) is 0 Å². The van der Waals surface area contributed by atoms with Gasteiger partial charge in [0.25, 0.3) is 0 Å². The molecule has 1 amide bonds. The molecule has 0 saturated carbocycles. The monoisotopic (exact) mass is 171 g/mol. The van der Waals surface area contributed by atoms with Crippen molar-refractivity contribution in [2.24, 2.45) is 5.73 Å². The Bertz CT molecular complexity index is 316. The highest BCUT2D eigenvalue weighted by Gasteiger charge is 2.03. The summed E-state index contributed by atoms with van der Waals surface area (Å²) >= 11 is 0. The van der Waals surface area contributed by atoms with Crippen molar-refractivity contribution in [2.75, 3.05) is 5.73 Å². The molecule has 0 aliphatic rings. The number of aromatic nitrogens is 1. The van der Waals surface area contributed by atoms with Gasteiger partial charge in [0.15, 0.2) is 5.82 Å². The minimum Gasteiger partial charge on any atom is -0.396 e. The van der Waals surface area contributed by atoms with Gasteiger partial charge in [0.2, 0.25) is 5.88 Å². The summed E-state index contributed by atoms with van der Waals surface area (Å²) in [6, 6.07) is 1.07. The lowest BCUT2D eigenvalue weighted by Gasteiger charge is -2.00. The predicted molar refractivity (Wildman–Crippen MR) is 38.8 cm³/mol. The molecule has 1 rings (SSSR count). The van der Waals surface area contributed by atoms with Crippen LogP contribution in [0.2, 0.25) is 0 Å². The number of primary amides is 1. The summed E-state index contributed by atoms with van der Waals surface area (Å²) in [5, 5.41) is 0. The first-order valence-corrected chi connectivity index (χ1v) is 2.98. The molecule has 0 spiro atoms. The maximum atomic E-state index is 12.5. The molecule has 0 radical (unpaired) electrons. The van der Waals surface area contributed by atoms with Crippen LogP contribution in [0.5, 0.6) is 5.88 Å². The topological polar surface area (TPSA) is 91.2 Å². The predicted octanol–water partition coefficient (Wildman–Crippen LogP) is 0.260. The molecule has 1 heterocycles. The first-order chi connectivity index (χ1) is 5.59. The van der Waals surface area contributed by atoms with Crippen LogP contribution < -0.4 is 16.2 Å². The van der Waals surface area contributed by atoms with Gasteiger partial charge in [-0.05, 0) is 0 Å². The lowest BCUT2D eigenvalue weighted by atomic mass is 10.4. The lowest BCUT2D eigenvalue weighted by molar-refractivity contribution is 0.209. The van der Waals surface area contributed by atoms with E-state index in [0.717, 1.165) is 12.3 Å². The molecule has 1 aromatic rings. The van der Waals surface area contributed by atoms with Crippen molar-refractivity contribution in [3.05, 3.63) is 18.1 Å². The van der Waals surface area contributed by atoms with Gasteiger partial charge in [-0.25, -0.2) is 14.2 Å². The Labute approximate surface area is 67.1 Å². The molecule has 0 aliphatic heterocycles. The molecule has 0 aromatic carbocycles. The van der Waals surface area contributed by atoms with Crippen LogP contribution in [0, 0.1) is 5.82 Å². The van der Waals surface area contributed by atoms with Crippen molar-refractivity contribution in [1.29, 1.82) is 0 Å². The minimum atomic E-state index is -1.02. The Hall–Kier alpha value is -1.85. The van der Waals surface area contributed by atoms with Crippen molar-refractivity contribution in [2.45, 2.75) is 0 Å². The summed E-state index contributed by atoms with van der Waals surface area (Å²) in [6.45, 7) is 0. The zero-order chi connectivity index (χ0) is 9.14. The van der Waals surface area contributed by atoms with E-state index in [4.69, 9.17) is 5.73 Å². The van der Waals surface area contributed by atoms with Gasteiger partial charge in [-0.15, -0.1) is 0 Å². The van der Waals surface area contributed by atoms with Crippen molar-refractivity contribution in [3.8, 4) is 5.88 Å². The Morgan fingerprint density at radius 3 is 2.83 bits per heavy atom. The van der Waals surface area contributed by atoms with Crippen molar-refractivity contribution < 1.29 is 13.9 Å². The smallest absolute Gasteiger partial charge is 0.396 e. The Balaban J connectivity index is 2.89. The SMILES string of the molecule is NC(=O)Oc1cc(N)c(F)cn1. The fourth-order valence-corrected chi connectivity index (χ4v) is 0.593. The summed E-state index contributed by atoms with van der Waals surface area (Å²) in [6.07, 6.45) is -0.179. The second-order valence-electron chi connectivity index (χ2n) is 1.97. The highest BCUT2D eigenvalue weighted by Crippen LogP contribution is 2.14. The van der Waals surface area contributed by atoms with Gasteiger partial charge in [-0.2, -0.15) is 0 Å². The average molecular weight is 171 g/mol. The maximum Gasteiger partial charge on any atom is 0.411 e. The summed E-state index contributed by atoms with van der Waals surface area (Å²) in [5.41, 5.74) is 9.67. The lowest BCUT2D eigenvalue weighted by Crippen LogP contribution is -2.17. The summed E-state index contributed by atoms with van der Waals surface area (Å²) < 4.78 is 16.8. The number of nitrogens with zero attached hydrogens (tertiary/aromatic N) is 1. The largest absolute Gasteiger partial charge is 0.411 e. The van der Waals surface area contributed by atoms with E-state index in [9.17, 15) is 9.18 Å². The number of hydrogen-bond acceptors (Lipinski definition) is 4. The third-order valence-electron chi connectivity index (χ3n) is 1.07. The normalized spacial score (nSPS) is 9.42. The van der Waals surface area contributed by atoms with Gasteiger partial charge in [-0.1, -0.05) is 0 Å². The molecule has 5 nitrogen and oxygen atoms in total. The Morgan fingerprint density at radius 1 is 1.67 bits per heavy atom. The molecule has 0 atom stereocenters. The van der Waals surface area contributed by atoms with Crippen molar-refractivity contribution >= 4 is 11.8 Å². The average Bonchev–Trinajstić information content (AvgIpc) is 1.96. The molecule has 0 saturated heterocycles. The molecule has 0 bridgehead atoms. The van der Waals surface area contributed by atoms with E-state index in [1.807, 2.05) is 0 Å². The number of carbonyl (C=O) groups is 1. The molecule has 6 heteroatoms. The van der Waals surface area contributed by atoms with Crippen molar-refractivity contribution in [3.63, 3.8) is 0 Å². The van der Waals surface area contributed by atoms with Gasteiger partial charge in [0.1, 0.15) is 0 Å². The number of anilines is 1. The van der Waals surface area contributed by atoms with Crippen LogP contribution in [0.15, 0.2) is 12.3 Å². The second-order valence-corrected chi connectivity index (χ2v) is 1.97. The van der Waals surface area contributed by atoms with Gasteiger partial charge in [-0.3, -0.25) is 0 Å². The summed E-state index contributed by atoms with van der Waals surface area (Å²) in [4.78, 5) is 13.6. The van der Waals surface area contributed by atoms with Gasteiger partial charge < -0.3 is 16.2 Å². The zero-order valence-corrected chi connectivity index (χ0v) is 5.95. The first kappa shape index (κ1) is 8.25. The van der Waals surface area contributed by atoms with Crippen molar-refractivity contribution in [1.82, 2.24) is 4.98 Å². The van der Waals surface area contributed by atoms with Gasteiger partial charge in [0.05, 0.1) is 11.9 Å². The molecule has 1 aromatic heterocycles. The molecule has 0 fully saturated rings. The van der Waals surface area contributed by atoms with Crippen LogP contribution >= 0.6 is 0 Å². The molecule has 0 aliphatic carbocycles. The molecule has 0 unspecified atom stereocenters. The van der Waals surface area contributed by atoms with E-state index >= 15 is 0 Å². The number of amides is 1. The standard InChI is InChI=1S/C6H6FN3O2/c7-3-2-10-5(1-4(3)8)12-6(9)11/h1-2H,(H2,8,10)(H2,9,11). The Morgan fingerprint density at radius 2 is 2.33 bits per heavy atom. The number of carbonyl (C=O) groups excluding carboxylic acids is 1. The van der Waals surface area contributed by atoms with E-state index < -0.39 is 11.9 Å². The number of halogens is 1. The maximum absolute atomic E-state index is 12.5. The van der Waals surface area contributed by atoms with Gasteiger partial charge in [0, 0.05) is 6.07 Å². The van der Waals surface area contributed by atoms with E-state index in [2.05, 4.69) is 15.5 Å². The fourth-order valence-electron chi connectivity index (χ4n) is 0.593. The zero-order valence-electron chi connectivity index (χ0n) is 5.95. The minimum absolute atomic E-state index is 0.124. The molecule has 64 valence electrons. The van der Waals surface area contributed by atoms with E-state index in [-0.39, 0.29) is 11.6 Å². The first-order valence-electron chi connectivity index (χ1n) is 2.98. The van der Waals surface area contributed by atoms with Crippen LogP contribution in [-0.4, -0.2) is 11.1 Å². The third-order valence-corrected chi connectivity index (χ3v) is 1.07. The second kappa shape index (κ2) is 3.04. The summed E-state index contributed by atoms with van der Waals surface area (Å²) in [7, 11) is 0. The number of nitrogen functional groups attached to an aromatic ring is 1. The molecule has 12 heavy (non-hydrogen) atoms. The molecule has 4 N–H and O–H groups in total. The van der Waals surface area contributed by atoms with Gasteiger partial charge >= 0.3 is 6.09 Å². The van der Waals surface area contributed by atoms with Crippen LogP contribution in [-0.2, 0) is 0 Å². The quantitative estimate of drug-likeness (QED) is 0.633. The number of ether oxygens (including phenoxy) is 1. The Kier molecular flexibility index (Phi) is 2.09. The third kappa shape index (κ3) is 1.82. The van der Waals surface area contributed by atoms with E-state index in [0.29, 0.717) is 0 Å².